The van der Waals surface area contributed by atoms with E-state index in [1.54, 1.807) is 11.1 Å². The molecule has 0 spiro atoms. The minimum absolute atomic E-state index is 0.234. The number of nitrogens with one attached hydrogen (secondary N) is 2. The molecule has 2 amide bonds. The van der Waals surface area contributed by atoms with Gasteiger partial charge in [-0.1, -0.05) is 30.3 Å². The Hall–Kier alpha value is -4.26. The van der Waals surface area contributed by atoms with Gasteiger partial charge in [0.1, 0.15) is 6.61 Å². The van der Waals surface area contributed by atoms with Gasteiger partial charge in [0.25, 0.3) is 0 Å². The maximum absolute atomic E-state index is 12.8. The van der Waals surface area contributed by atoms with E-state index in [4.69, 9.17) is 4.74 Å². The number of carbonyl (C=O) groups is 1. The van der Waals surface area contributed by atoms with Crippen molar-refractivity contribution in [2.75, 3.05) is 28.7 Å². The average Bonchev–Trinajstić information content (AvgIpc) is 3.34. The van der Waals surface area contributed by atoms with Gasteiger partial charge in [0.15, 0.2) is 11.6 Å². The van der Waals surface area contributed by atoms with Crippen LogP contribution in [0.1, 0.15) is 0 Å². The van der Waals surface area contributed by atoms with Gasteiger partial charge >= 0.3 is 6.03 Å². The third-order valence-electron chi connectivity index (χ3n) is 5.00. The first-order chi connectivity index (χ1) is 15.3. The number of aromatic nitrogens is 2. The second-order valence-corrected chi connectivity index (χ2v) is 7.07. The second-order valence-electron chi connectivity index (χ2n) is 7.07. The Morgan fingerprint density at radius 3 is 2.55 bits per heavy atom. The quantitative estimate of drug-likeness (QED) is 0.493. The molecule has 0 fully saturated rings. The van der Waals surface area contributed by atoms with E-state index in [1.165, 1.54) is 0 Å². The van der Waals surface area contributed by atoms with Crippen LogP contribution >= 0.6 is 0 Å². The molecule has 0 aliphatic carbocycles. The largest absolute Gasteiger partial charge is 0.488 e. The van der Waals surface area contributed by atoms with Crippen LogP contribution in [0.15, 0.2) is 91.4 Å². The number of rotatable bonds is 4. The fourth-order valence-electron chi connectivity index (χ4n) is 3.53. The zero-order valence-corrected chi connectivity index (χ0v) is 16.7. The molecule has 0 bridgehead atoms. The zero-order valence-electron chi connectivity index (χ0n) is 16.7. The number of fused-ring (bicyclic) bond motifs is 1. The molecule has 154 valence electrons. The van der Waals surface area contributed by atoms with Gasteiger partial charge in [0, 0.05) is 24.1 Å². The van der Waals surface area contributed by atoms with E-state index >= 15 is 0 Å². The topological polar surface area (TPSA) is 71.4 Å². The minimum Gasteiger partial charge on any atom is -0.488 e. The van der Waals surface area contributed by atoms with Gasteiger partial charge < -0.3 is 19.9 Å². The summed E-state index contributed by atoms with van der Waals surface area (Å²) in [6.07, 6.45) is 5.71. The van der Waals surface area contributed by atoms with E-state index in [9.17, 15) is 4.79 Å². The number of anilines is 4. The monoisotopic (exact) mass is 411 g/mol. The van der Waals surface area contributed by atoms with E-state index in [-0.39, 0.29) is 6.03 Å². The van der Waals surface area contributed by atoms with Crippen LogP contribution in [0.3, 0.4) is 0 Å². The summed E-state index contributed by atoms with van der Waals surface area (Å²) in [4.78, 5) is 18.9. The predicted molar refractivity (Wildman–Crippen MR) is 122 cm³/mol. The van der Waals surface area contributed by atoms with Crippen molar-refractivity contribution >= 4 is 28.9 Å². The average molecular weight is 411 g/mol. The SMILES string of the molecule is O=C(Nc1ccccc1)N1CCOc2cc(Nc3ccccc3-n3cccc3)cnc21. The van der Waals surface area contributed by atoms with Crippen LogP contribution in [-0.2, 0) is 0 Å². The molecule has 3 heterocycles. The number of hydrogen-bond acceptors (Lipinski definition) is 4. The van der Waals surface area contributed by atoms with Crippen molar-refractivity contribution < 1.29 is 9.53 Å². The van der Waals surface area contributed by atoms with Crippen molar-refractivity contribution in [3.63, 3.8) is 0 Å². The molecule has 5 rings (SSSR count). The number of benzene rings is 2. The standard InChI is InChI=1S/C24H21N5O2/c30-24(27-18-8-2-1-3-9-18)29-14-15-31-22-16-19(17-25-23(22)29)26-20-10-4-5-11-21(20)28-12-6-7-13-28/h1-13,16-17,26H,14-15H2,(H,27,30). The van der Waals surface area contributed by atoms with E-state index in [2.05, 4.69) is 15.6 Å². The fourth-order valence-corrected chi connectivity index (χ4v) is 3.53. The van der Waals surface area contributed by atoms with Gasteiger partial charge in [-0.25, -0.2) is 9.78 Å². The zero-order chi connectivity index (χ0) is 21.0. The minimum atomic E-state index is -0.234. The number of carbonyl (C=O) groups excluding carboxylic acids is 1. The normalized spacial score (nSPS) is 12.6. The Labute approximate surface area is 179 Å². The Bertz CT molecular complexity index is 1190. The number of ether oxygens (including phenoxy) is 1. The van der Waals surface area contributed by atoms with Gasteiger partial charge in [-0.3, -0.25) is 4.90 Å². The lowest BCUT2D eigenvalue weighted by atomic mass is 10.2. The molecule has 7 nitrogen and oxygen atoms in total. The molecule has 0 unspecified atom stereocenters. The molecular formula is C24H21N5O2. The highest BCUT2D eigenvalue weighted by molar-refractivity contribution is 6.02. The van der Waals surface area contributed by atoms with E-state index in [0.717, 1.165) is 22.7 Å². The molecular weight excluding hydrogens is 390 g/mol. The molecule has 0 radical (unpaired) electrons. The van der Waals surface area contributed by atoms with Crippen molar-refractivity contribution in [2.24, 2.45) is 0 Å². The molecule has 2 aromatic carbocycles. The Balaban J connectivity index is 1.38. The molecule has 2 aromatic heterocycles. The first kappa shape index (κ1) is 18.7. The molecule has 0 saturated carbocycles. The van der Waals surface area contributed by atoms with Crippen molar-refractivity contribution in [2.45, 2.75) is 0 Å². The summed E-state index contributed by atoms with van der Waals surface area (Å²) in [7, 11) is 0. The Kier molecular flexibility index (Phi) is 4.98. The molecule has 0 atom stereocenters. The molecule has 1 aliphatic heterocycles. The summed E-state index contributed by atoms with van der Waals surface area (Å²) >= 11 is 0. The smallest absolute Gasteiger partial charge is 0.327 e. The lowest BCUT2D eigenvalue weighted by molar-refractivity contribution is 0.249. The van der Waals surface area contributed by atoms with Gasteiger partial charge in [0.05, 0.1) is 29.8 Å². The molecule has 7 heteroatoms. The predicted octanol–water partition coefficient (Wildman–Crippen LogP) is 5.05. The number of para-hydroxylation sites is 3. The molecule has 2 N–H and O–H groups in total. The molecule has 1 aliphatic rings. The third-order valence-corrected chi connectivity index (χ3v) is 5.00. The van der Waals surface area contributed by atoms with E-state index in [1.807, 2.05) is 89.8 Å². The van der Waals surface area contributed by atoms with Crippen LogP contribution in [0.5, 0.6) is 5.75 Å². The van der Waals surface area contributed by atoms with Crippen LogP contribution in [0.4, 0.5) is 27.7 Å². The van der Waals surface area contributed by atoms with Crippen molar-refractivity contribution in [3.05, 3.63) is 91.4 Å². The highest BCUT2D eigenvalue weighted by Gasteiger charge is 2.25. The van der Waals surface area contributed by atoms with Crippen LogP contribution in [0.25, 0.3) is 5.69 Å². The number of hydrogen-bond donors (Lipinski definition) is 2. The number of urea groups is 1. The Morgan fingerprint density at radius 2 is 1.71 bits per heavy atom. The van der Waals surface area contributed by atoms with Gasteiger partial charge in [-0.05, 0) is 36.4 Å². The maximum atomic E-state index is 12.8. The summed E-state index contributed by atoms with van der Waals surface area (Å²) < 4.78 is 7.85. The summed E-state index contributed by atoms with van der Waals surface area (Å²) in [5.41, 5.74) is 3.48. The van der Waals surface area contributed by atoms with Gasteiger partial charge in [-0.15, -0.1) is 0 Å². The first-order valence-corrected chi connectivity index (χ1v) is 10.0. The number of amides is 2. The second kappa shape index (κ2) is 8.23. The number of nitrogens with zero attached hydrogens (tertiary/aromatic N) is 3. The fraction of sp³-hybridized carbons (Fsp3) is 0.0833. The molecule has 31 heavy (non-hydrogen) atoms. The van der Waals surface area contributed by atoms with Crippen LogP contribution in [0.2, 0.25) is 0 Å². The van der Waals surface area contributed by atoms with E-state index < -0.39 is 0 Å². The maximum Gasteiger partial charge on any atom is 0.327 e. The summed E-state index contributed by atoms with van der Waals surface area (Å²) in [6.45, 7) is 0.836. The van der Waals surface area contributed by atoms with E-state index in [0.29, 0.717) is 24.7 Å². The lowest BCUT2D eigenvalue weighted by Crippen LogP contribution is -2.41. The summed E-state index contributed by atoms with van der Waals surface area (Å²) in [6, 6.07) is 23.0. The van der Waals surface area contributed by atoms with Crippen LogP contribution in [0, 0.1) is 0 Å². The van der Waals surface area contributed by atoms with Crippen molar-refractivity contribution in [3.8, 4) is 11.4 Å². The van der Waals surface area contributed by atoms with Gasteiger partial charge in [0.2, 0.25) is 0 Å². The van der Waals surface area contributed by atoms with Crippen molar-refractivity contribution in [1.82, 2.24) is 9.55 Å². The first-order valence-electron chi connectivity index (χ1n) is 10.0. The molecule has 4 aromatic rings. The molecule has 0 saturated heterocycles. The van der Waals surface area contributed by atoms with Crippen LogP contribution < -0.4 is 20.3 Å². The Morgan fingerprint density at radius 1 is 0.935 bits per heavy atom. The lowest BCUT2D eigenvalue weighted by Gasteiger charge is -2.28. The third kappa shape index (κ3) is 3.93. The van der Waals surface area contributed by atoms with Crippen LogP contribution in [-0.4, -0.2) is 28.7 Å². The summed E-state index contributed by atoms with van der Waals surface area (Å²) in [5.74, 6) is 1.07. The highest BCUT2D eigenvalue weighted by atomic mass is 16.5. The summed E-state index contributed by atoms with van der Waals surface area (Å²) in [5, 5.41) is 6.32. The van der Waals surface area contributed by atoms with Crippen molar-refractivity contribution in [1.29, 1.82) is 0 Å². The number of pyridine rings is 1. The highest BCUT2D eigenvalue weighted by Crippen LogP contribution is 2.34. The van der Waals surface area contributed by atoms with Gasteiger partial charge in [-0.2, -0.15) is 0 Å².